The third-order valence-corrected chi connectivity index (χ3v) is 3.89. The number of aliphatic hydroxyl groups is 1. The molecular formula is C13H21Cl2N3O. The molecule has 0 unspecified atom stereocenters. The van der Waals surface area contributed by atoms with Crippen molar-refractivity contribution in [2.75, 3.05) is 23.8 Å². The Morgan fingerprint density at radius 1 is 1.16 bits per heavy atom. The van der Waals surface area contributed by atoms with Crippen LogP contribution in [0, 0.1) is 0 Å². The highest BCUT2D eigenvalue weighted by atomic mass is 35.5. The number of hydrogen-bond donors (Lipinski definition) is 3. The molecule has 1 heterocycles. The van der Waals surface area contributed by atoms with Crippen LogP contribution in [0.3, 0.4) is 0 Å². The van der Waals surface area contributed by atoms with Gasteiger partial charge in [-0.25, -0.2) is 4.98 Å². The summed E-state index contributed by atoms with van der Waals surface area (Å²) in [6.07, 6.45) is 1.55. The van der Waals surface area contributed by atoms with Crippen molar-refractivity contribution in [2.45, 2.75) is 39.2 Å². The number of halogens is 2. The number of aromatic nitrogens is 1. The maximum atomic E-state index is 9.58. The fourth-order valence-corrected chi connectivity index (χ4v) is 2.26. The summed E-state index contributed by atoms with van der Waals surface area (Å²) in [5.74, 6) is 1.13. The van der Waals surface area contributed by atoms with Crippen molar-refractivity contribution in [3.63, 3.8) is 0 Å². The molecule has 0 saturated heterocycles. The monoisotopic (exact) mass is 305 g/mol. The minimum absolute atomic E-state index is 0.0250. The van der Waals surface area contributed by atoms with E-state index in [4.69, 9.17) is 23.2 Å². The van der Waals surface area contributed by atoms with Crippen molar-refractivity contribution in [2.24, 2.45) is 0 Å². The molecule has 4 nitrogen and oxygen atoms in total. The molecule has 0 atom stereocenters. The van der Waals surface area contributed by atoms with Gasteiger partial charge in [0.05, 0.1) is 22.2 Å². The normalized spacial score (nSPS) is 11.5. The Bertz CT molecular complexity index is 414. The van der Waals surface area contributed by atoms with Crippen LogP contribution < -0.4 is 10.6 Å². The smallest absolute Gasteiger partial charge is 0.147 e. The van der Waals surface area contributed by atoms with Crippen LogP contribution in [0.2, 0.25) is 10.0 Å². The Balaban J connectivity index is 3.09. The molecule has 1 aromatic heterocycles. The van der Waals surface area contributed by atoms with Gasteiger partial charge in [-0.3, -0.25) is 0 Å². The zero-order chi connectivity index (χ0) is 14.5. The van der Waals surface area contributed by atoms with Crippen LogP contribution >= 0.6 is 23.2 Å². The molecular weight excluding hydrogens is 285 g/mol. The first-order chi connectivity index (χ1) is 9.01. The highest BCUT2D eigenvalue weighted by Gasteiger charge is 2.26. The Labute approximate surface area is 124 Å². The number of nitrogens with one attached hydrogen (secondary N) is 2. The second-order valence-electron chi connectivity index (χ2n) is 4.45. The first-order valence-corrected chi connectivity index (χ1v) is 7.26. The van der Waals surface area contributed by atoms with E-state index in [9.17, 15) is 5.11 Å². The van der Waals surface area contributed by atoms with E-state index in [1.807, 2.05) is 20.8 Å². The summed E-state index contributed by atoms with van der Waals surface area (Å²) >= 11 is 12.2. The average molecular weight is 306 g/mol. The maximum Gasteiger partial charge on any atom is 0.147 e. The van der Waals surface area contributed by atoms with Gasteiger partial charge in [0.2, 0.25) is 0 Å². The van der Waals surface area contributed by atoms with E-state index in [-0.39, 0.29) is 6.61 Å². The topological polar surface area (TPSA) is 57.2 Å². The summed E-state index contributed by atoms with van der Waals surface area (Å²) in [5.41, 5.74) is -0.409. The van der Waals surface area contributed by atoms with E-state index in [1.54, 1.807) is 6.07 Å². The zero-order valence-corrected chi connectivity index (χ0v) is 13.1. The number of pyridine rings is 1. The molecule has 0 saturated carbocycles. The lowest BCUT2D eigenvalue weighted by molar-refractivity contribution is 0.202. The molecule has 0 aliphatic rings. The molecule has 0 fully saturated rings. The molecule has 6 heteroatoms. The van der Waals surface area contributed by atoms with E-state index < -0.39 is 5.54 Å². The molecule has 0 aliphatic carbocycles. The summed E-state index contributed by atoms with van der Waals surface area (Å²) in [6, 6.07) is 1.66. The van der Waals surface area contributed by atoms with Crippen LogP contribution in [0.4, 0.5) is 11.6 Å². The molecule has 0 bridgehead atoms. The van der Waals surface area contributed by atoms with Gasteiger partial charge in [0.15, 0.2) is 0 Å². The highest BCUT2D eigenvalue weighted by Crippen LogP contribution is 2.32. The van der Waals surface area contributed by atoms with E-state index in [2.05, 4.69) is 15.6 Å². The maximum absolute atomic E-state index is 9.58. The van der Waals surface area contributed by atoms with Gasteiger partial charge in [-0.05, 0) is 25.8 Å². The molecule has 108 valence electrons. The fourth-order valence-electron chi connectivity index (χ4n) is 1.79. The number of anilines is 2. The number of hydrogen-bond acceptors (Lipinski definition) is 4. The number of rotatable bonds is 7. The first-order valence-electron chi connectivity index (χ1n) is 6.50. The Morgan fingerprint density at radius 2 is 1.74 bits per heavy atom. The van der Waals surface area contributed by atoms with Crippen molar-refractivity contribution < 1.29 is 5.11 Å². The molecule has 0 amide bonds. The predicted molar refractivity (Wildman–Crippen MR) is 82.4 cm³/mol. The van der Waals surface area contributed by atoms with Crippen molar-refractivity contribution >= 4 is 34.8 Å². The minimum Gasteiger partial charge on any atom is -0.394 e. The van der Waals surface area contributed by atoms with Gasteiger partial charge < -0.3 is 15.7 Å². The van der Waals surface area contributed by atoms with Gasteiger partial charge in [-0.1, -0.05) is 37.0 Å². The third-order valence-electron chi connectivity index (χ3n) is 3.31. The number of aliphatic hydroxyl groups excluding tert-OH is 1. The van der Waals surface area contributed by atoms with Gasteiger partial charge in [0, 0.05) is 6.54 Å². The predicted octanol–water partition coefficient (Wildman–Crippen LogP) is 3.78. The molecule has 0 spiro atoms. The summed E-state index contributed by atoms with van der Waals surface area (Å²) in [5, 5.41) is 16.8. The lowest BCUT2D eigenvalue weighted by atomic mass is 9.94. The van der Waals surface area contributed by atoms with Crippen LogP contribution in [0.1, 0.15) is 33.6 Å². The van der Waals surface area contributed by atoms with Crippen molar-refractivity contribution in [1.29, 1.82) is 0 Å². The Hall–Kier alpha value is -0.710. The molecule has 1 aromatic rings. The van der Waals surface area contributed by atoms with Gasteiger partial charge >= 0.3 is 0 Å². The molecule has 3 N–H and O–H groups in total. The van der Waals surface area contributed by atoms with E-state index in [0.29, 0.717) is 21.7 Å². The van der Waals surface area contributed by atoms with Crippen LogP contribution in [0.15, 0.2) is 6.07 Å². The summed E-state index contributed by atoms with van der Waals surface area (Å²) in [4.78, 5) is 4.39. The van der Waals surface area contributed by atoms with E-state index >= 15 is 0 Å². The summed E-state index contributed by atoms with van der Waals surface area (Å²) in [7, 11) is 0. The van der Waals surface area contributed by atoms with Crippen LogP contribution in [0.5, 0.6) is 0 Å². The molecule has 19 heavy (non-hydrogen) atoms. The van der Waals surface area contributed by atoms with Gasteiger partial charge in [0.25, 0.3) is 0 Å². The lowest BCUT2D eigenvalue weighted by Gasteiger charge is -2.31. The quantitative estimate of drug-likeness (QED) is 0.717. The second-order valence-corrected chi connectivity index (χ2v) is 5.26. The molecule has 0 aromatic carbocycles. The number of nitrogens with zero attached hydrogens (tertiary/aromatic N) is 1. The highest BCUT2D eigenvalue weighted by molar-refractivity contribution is 6.37. The second kappa shape index (κ2) is 7.17. The van der Waals surface area contributed by atoms with E-state index in [1.165, 1.54) is 0 Å². The van der Waals surface area contributed by atoms with Crippen LogP contribution in [-0.4, -0.2) is 28.8 Å². The van der Waals surface area contributed by atoms with Crippen molar-refractivity contribution in [1.82, 2.24) is 4.98 Å². The van der Waals surface area contributed by atoms with Gasteiger partial charge in [-0.15, -0.1) is 0 Å². The van der Waals surface area contributed by atoms with Crippen molar-refractivity contribution in [3.05, 3.63) is 16.1 Å². The van der Waals surface area contributed by atoms with Gasteiger partial charge in [-0.2, -0.15) is 0 Å². The SMILES string of the molecule is CCNc1nc(NC(CC)(CC)CO)c(Cl)cc1Cl. The minimum atomic E-state index is -0.409. The lowest BCUT2D eigenvalue weighted by Crippen LogP contribution is -2.41. The summed E-state index contributed by atoms with van der Waals surface area (Å²) < 4.78 is 0. The molecule has 0 radical (unpaired) electrons. The standard InChI is InChI=1S/C13H21Cl2N3O/c1-4-13(5-2,8-19)18-12-10(15)7-9(14)11(17-12)16-6-3/h7,19H,4-6,8H2,1-3H3,(H2,16,17,18). The largest absolute Gasteiger partial charge is 0.394 e. The average Bonchev–Trinajstić information content (AvgIpc) is 2.41. The summed E-state index contributed by atoms with van der Waals surface area (Å²) in [6.45, 7) is 6.75. The molecule has 1 rings (SSSR count). The third kappa shape index (κ3) is 3.88. The Kier molecular flexibility index (Phi) is 6.17. The Morgan fingerprint density at radius 3 is 2.21 bits per heavy atom. The van der Waals surface area contributed by atoms with Gasteiger partial charge in [0.1, 0.15) is 11.6 Å². The van der Waals surface area contributed by atoms with E-state index in [0.717, 1.165) is 19.4 Å². The fraction of sp³-hybridized carbons (Fsp3) is 0.615. The first kappa shape index (κ1) is 16.3. The molecule has 0 aliphatic heterocycles. The zero-order valence-electron chi connectivity index (χ0n) is 11.6. The van der Waals surface area contributed by atoms with Crippen LogP contribution in [0.25, 0.3) is 0 Å². The van der Waals surface area contributed by atoms with Crippen molar-refractivity contribution in [3.8, 4) is 0 Å². The van der Waals surface area contributed by atoms with Crippen LogP contribution in [-0.2, 0) is 0 Å².